The molecule has 0 saturated carbocycles. The maximum absolute atomic E-state index is 5.38. The van der Waals surface area contributed by atoms with Gasteiger partial charge in [0.1, 0.15) is 0 Å². The van der Waals surface area contributed by atoms with Crippen molar-refractivity contribution in [2.45, 2.75) is 26.3 Å². The minimum Gasteiger partial charge on any atom is -0.464 e. The number of ether oxygens (including phenoxy) is 1. The van der Waals surface area contributed by atoms with Gasteiger partial charge in [0, 0.05) is 25.9 Å². The number of nitrogens with zero attached hydrogens (tertiary/aromatic N) is 4. The van der Waals surface area contributed by atoms with Gasteiger partial charge in [-0.3, -0.25) is 0 Å². The number of hydrogen-bond acceptors (Lipinski definition) is 7. The van der Waals surface area contributed by atoms with Crippen LogP contribution in [0.4, 0.5) is 11.9 Å². The highest BCUT2D eigenvalue weighted by molar-refractivity contribution is 7.98. The van der Waals surface area contributed by atoms with Gasteiger partial charge in [-0.05, 0) is 19.6 Å². The van der Waals surface area contributed by atoms with Crippen molar-refractivity contribution in [1.29, 1.82) is 0 Å². The molecule has 108 valence electrons. The minimum atomic E-state index is 0.364. The zero-order valence-corrected chi connectivity index (χ0v) is 13.1. The van der Waals surface area contributed by atoms with E-state index in [1.165, 1.54) is 0 Å². The predicted octanol–water partition coefficient (Wildman–Crippen LogP) is 1.89. The highest BCUT2D eigenvalue weighted by Gasteiger charge is 2.17. The molecule has 1 rings (SSSR count). The Balaban J connectivity index is 2.99. The lowest BCUT2D eigenvalue weighted by molar-refractivity contribution is 0.312. The van der Waals surface area contributed by atoms with E-state index in [1.807, 2.05) is 25.7 Å². The van der Waals surface area contributed by atoms with Crippen molar-refractivity contribution in [2.24, 2.45) is 0 Å². The number of hydrogen-bond donors (Lipinski definition) is 1. The van der Waals surface area contributed by atoms with Crippen molar-refractivity contribution in [1.82, 2.24) is 15.0 Å². The van der Waals surface area contributed by atoms with E-state index >= 15 is 0 Å². The molecule has 1 unspecified atom stereocenters. The van der Waals surface area contributed by atoms with Crippen LogP contribution in [0, 0.1) is 0 Å². The largest absolute Gasteiger partial charge is 0.464 e. The minimum absolute atomic E-state index is 0.364. The molecular weight excluding hydrogens is 262 g/mol. The van der Waals surface area contributed by atoms with Crippen molar-refractivity contribution < 1.29 is 4.74 Å². The molecule has 0 radical (unpaired) electrons. The molecule has 0 aromatic carbocycles. The van der Waals surface area contributed by atoms with Crippen LogP contribution in [-0.4, -0.2) is 53.7 Å². The van der Waals surface area contributed by atoms with Gasteiger partial charge in [-0.2, -0.15) is 26.7 Å². The number of aromatic nitrogens is 3. The molecule has 19 heavy (non-hydrogen) atoms. The van der Waals surface area contributed by atoms with Crippen LogP contribution in [0.5, 0.6) is 6.01 Å². The molecule has 1 atom stereocenters. The highest BCUT2D eigenvalue weighted by atomic mass is 32.2. The Hall–Kier alpha value is -1.24. The fourth-order valence-electron chi connectivity index (χ4n) is 1.67. The van der Waals surface area contributed by atoms with Gasteiger partial charge in [0.15, 0.2) is 0 Å². The predicted molar refractivity (Wildman–Crippen MR) is 81.4 cm³/mol. The molecule has 0 bridgehead atoms. The first kappa shape index (κ1) is 15.8. The second kappa shape index (κ2) is 8.04. The molecule has 1 aromatic heterocycles. The number of rotatable bonds is 8. The van der Waals surface area contributed by atoms with Crippen LogP contribution < -0.4 is 15.0 Å². The summed E-state index contributed by atoms with van der Waals surface area (Å²) in [6.07, 6.45) is 3.15. The van der Waals surface area contributed by atoms with Crippen molar-refractivity contribution in [3.63, 3.8) is 0 Å². The summed E-state index contributed by atoms with van der Waals surface area (Å²) in [7, 11) is 3.79. The molecule has 1 aromatic rings. The Labute approximate surface area is 119 Å². The van der Waals surface area contributed by atoms with Gasteiger partial charge in [0.25, 0.3) is 0 Å². The molecule has 0 saturated heterocycles. The molecule has 0 fully saturated rings. The summed E-state index contributed by atoms with van der Waals surface area (Å²) in [5.41, 5.74) is 0. The van der Waals surface area contributed by atoms with Gasteiger partial charge < -0.3 is 15.0 Å². The Morgan fingerprint density at radius 2 is 2.05 bits per heavy atom. The van der Waals surface area contributed by atoms with Gasteiger partial charge in [-0.1, -0.05) is 6.92 Å². The molecule has 0 aliphatic heterocycles. The topological polar surface area (TPSA) is 63.2 Å². The van der Waals surface area contributed by atoms with Crippen molar-refractivity contribution in [3.8, 4) is 6.01 Å². The standard InChI is InChI=1S/C12H23N5OS/c1-6-9(8-19-5)17(4)11-14-10(13-3)15-12(16-11)18-7-2/h9H,6-8H2,1-5H3,(H,13,14,15,16). The lowest BCUT2D eigenvalue weighted by Gasteiger charge is -2.26. The van der Waals surface area contributed by atoms with E-state index in [0.717, 1.165) is 12.2 Å². The summed E-state index contributed by atoms with van der Waals surface area (Å²) in [4.78, 5) is 15.0. The third-order valence-corrected chi connectivity index (χ3v) is 3.51. The van der Waals surface area contributed by atoms with Crippen molar-refractivity contribution in [2.75, 3.05) is 42.9 Å². The SMILES string of the molecule is CCOc1nc(NC)nc(N(C)C(CC)CSC)n1. The van der Waals surface area contributed by atoms with E-state index in [9.17, 15) is 0 Å². The molecule has 0 aliphatic carbocycles. The first-order valence-electron chi connectivity index (χ1n) is 6.44. The van der Waals surface area contributed by atoms with Crippen LogP contribution >= 0.6 is 11.8 Å². The van der Waals surface area contributed by atoms with E-state index in [-0.39, 0.29) is 0 Å². The zero-order chi connectivity index (χ0) is 14.3. The summed E-state index contributed by atoms with van der Waals surface area (Å²) in [5.74, 6) is 2.21. The van der Waals surface area contributed by atoms with Crippen LogP contribution in [0.1, 0.15) is 20.3 Å². The number of thioether (sulfide) groups is 1. The van der Waals surface area contributed by atoms with E-state index < -0.39 is 0 Å². The molecule has 1 N–H and O–H groups in total. The Kier molecular flexibility index (Phi) is 6.69. The molecule has 0 aliphatic rings. The summed E-state index contributed by atoms with van der Waals surface area (Å²) in [5, 5.41) is 2.94. The second-order valence-corrected chi connectivity index (χ2v) is 4.96. The highest BCUT2D eigenvalue weighted by Crippen LogP contribution is 2.18. The normalized spacial score (nSPS) is 12.1. The molecule has 6 nitrogen and oxygen atoms in total. The Morgan fingerprint density at radius 1 is 1.32 bits per heavy atom. The second-order valence-electron chi connectivity index (χ2n) is 4.05. The quantitative estimate of drug-likeness (QED) is 0.782. The Bertz CT molecular complexity index is 390. The average molecular weight is 285 g/mol. The van der Waals surface area contributed by atoms with Gasteiger partial charge >= 0.3 is 6.01 Å². The molecule has 0 amide bonds. The first-order valence-corrected chi connectivity index (χ1v) is 7.83. The van der Waals surface area contributed by atoms with Gasteiger partial charge in [0.2, 0.25) is 11.9 Å². The third kappa shape index (κ3) is 4.41. The smallest absolute Gasteiger partial charge is 0.323 e. The van der Waals surface area contributed by atoms with Crippen LogP contribution in [-0.2, 0) is 0 Å². The van der Waals surface area contributed by atoms with E-state index in [2.05, 4.69) is 38.3 Å². The van der Waals surface area contributed by atoms with E-state index in [1.54, 1.807) is 7.05 Å². The lowest BCUT2D eigenvalue weighted by Crippen LogP contribution is -2.34. The monoisotopic (exact) mass is 285 g/mol. The van der Waals surface area contributed by atoms with E-state index in [0.29, 0.717) is 30.6 Å². The lowest BCUT2D eigenvalue weighted by atomic mass is 10.2. The first-order chi connectivity index (χ1) is 9.15. The number of anilines is 2. The van der Waals surface area contributed by atoms with Crippen LogP contribution in [0.25, 0.3) is 0 Å². The Morgan fingerprint density at radius 3 is 2.58 bits per heavy atom. The fraction of sp³-hybridized carbons (Fsp3) is 0.750. The summed E-state index contributed by atoms with van der Waals surface area (Å²) >= 11 is 1.82. The maximum Gasteiger partial charge on any atom is 0.323 e. The van der Waals surface area contributed by atoms with Crippen LogP contribution in [0.2, 0.25) is 0 Å². The zero-order valence-electron chi connectivity index (χ0n) is 12.3. The van der Waals surface area contributed by atoms with Crippen LogP contribution in [0.3, 0.4) is 0 Å². The van der Waals surface area contributed by atoms with Gasteiger partial charge in [-0.25, -0.2) is 0 Å². The van der Waals surface area contributed by atoms with Crippen LogP contribution in [0.15, 0.2) is 0 Å². The fourth-order valence-corrected chi connectivity index (χ4v) is 2.51. The van der Waals surface area contributed by atoms with Gasteiger partial charge in [-0.15, -0.1) is 0 Å². The van der Waals surface area contributed by atoms with Crippen molar-refractivity contribution >= 4 is 23.7 Å². The number of nitrogens with one attached hydrogen (secondary N) is 1. The summed E-state index contributed by atoms with van der Waals surface area (Å²) in [6, 6.07) is 0.763. The maximum atomic E-state index is 5.38. The average Bonchev–Trinajstić information content (AvgIpc) is 2.44. The summed E-state index contributed by atoms with van der Waals surface area (Å²) in [6.45, 7) is 4.62. The van der Waals surface area contributed by atoms with E-state index in [4.69, 9.17) is 4.74 Å². The molecular formula is C12H23N5OS. The third-order valence-electron chi connectivity index (χ3n) is 2.79. The van der Waals surface area contributed by atoms with Crippen molar-refractivity contribution in [3.05, 3.63) is 0 Å². The van der Waals surface area contributed by atoms with Gasteiger partial charge in [0.05, 0.1) is 6.61 Å². The molecule has 7 heteroatoms. The molecule has 1 heterocycles. The molecule has 0 spiro atoms. The summed E-state index contributed by atoms with van der Waals surface area (Å²) < 4.78 is 5.38.